The topological polar surface area (TPSA) is 98.0 Å². The second kappa shape index (κ2) is 8.01. The van der Waals surface area contributed by atoms with Gasteiger partial charge in [-0.3, -0.25) is 10.3 Å². The van der Waals surface area contributed by atoms with Crippen molar-refractivity contribution < 1.29 is 0 Å². The second-order valence-corrected chi connectivity index (χ2v) is 3.14. The molecule has 1 aromatic rings. The number of nitriles is 1. The predicted molar refractivity (Wildman–Crippen MR) is 63.8 cm³/mol. The van der Waals surface area contributed by atoms with Gasteiger partial charge in [-0.1, -0.05) is 0 Å². The van der Waals surface area contributed by atoms with E-state index in [2.05, 4.69) is 30.9 Å². The van der Waals surface area contributed by atoms with Crippen molar-refractivity contribution in [2.45, 2.75) is 6.54 Å². The Bertz CT molecular complexity index is 381. The molecule has 17 heavy (non-hydrogen) atoms. The van der Waals surface area contributed by atoms with Crippen molar-refractivity contribution in [3.05, 3.63) is 24.3 Å². The monoisotopic (exact) mass is 233 g/mol. The molecule has 7 nitrogen and oxygen atoms in total. The number of rotatable bonds is 5. The molecule has 7 heteroatoms. The quantitative estimate of drug-likeness (QED) is 0.203. The van der Waals surface area contributed by atoms with Crippen LogP contribution in [0, 0.1) is 11.5 Å². The molecule has 0 aliphatic rings. The van der Waals surface area contributed by atoms with E-state index >= 15 is 0 Å². The molecular weight excluding hydrogens is 218 g/mol. The van der Waals surface area contributed by atoms with E-state index in [1.165, 1.54) is 6.33 Å². The molecule has 1 aromatic heterocycles. The highest BCUT2D eigenvalue weighted by atomic mass is 15.2. The molecule has 0 amide bonds. The smallest absolute Gasteiger partial charge is 0.204 e. The fourth-order valence-electron chi connectivity index (χ4n) is 1.13. The molecule has 0 spiro atoms. The molecule has 0 fully saturated rings. The summed E-state index contributed by atoms with van der Waals surface area (Å²) in [5.41, 5.74) is 1.03. The Kier molecular flexibility index (Phi) is 6.06. The standard InChI is InChI=1S/C10H15N7/c1-12-10(17-7-11)16-3-2-13-4-9-5-14-8-15-6-9/h5-6,8,13H,2-4H2,1H3,(H2,12,16,17). The molecule has 90 valence electrons. The van der Waals surface area contributed by atoms with Crippen LogP contribution in [0.5, 0.6) is 0 Å². The van der Waals surface area contributed by atoms with Crippen LogP contribution in [0.1, 0.15) is 5.56 Å². The maximum absolute atomic E-state index is 8.41. The van der Waals surface area contributed by atoms with E-state index in [-0.39, 0.29) is 0 Å². The van der Waals surface area contributed by atoms with Gasteiger partial charge in [0.15, 0.2) is 6.19 Å². The second-order valence-electron chi connectivity index (χ2n) is 3.14. The van der Waals surface area contributed by atoms with Crippen LogP contribution in [-0.2, 0) is 6.54 Å². The van der Waals surface area contributed by atoms with Crippen LogP contribution in [0.25, 0.3) is 0 Å². The number of hydrogen-bond acceptors (Lipinski definition) is 5. The third-order valence-electron chi connectivity index (χ3n) is 1.91. The van der Waals surface area contributed by atoms with Crippen LogP contribution in [0.3, 0.4) is 0 Å². The zero-order valence-electron chi connectivity index (χ0n) is 9.64. The van der Waals surface area contributed by atoms with Crippen molar-refractivity contribution in [1.29, 1.82) is 5.26 Å². The molecule has 0 saturated heterocycles. The molecule has 0 atom stereocenters. The fourth-order valence-corrected chi connectivity index (χ4v) is 1.13. The van der Waals surface area contributed by atoms with Crippen molar-refractivity contribution in [2.75, 3.05) is 20.1 Å². The van der Waals surface area contributed by atoms with Gasteiger partial charge in [0.1, 0.15) is 6.33 Å². The maximum atomic E-state index is 8.41. The third kappa shape index (κ3) is 5.44. The molecular formula is C10H15N7. The van der Waals surface area contributed by atoms with Crippen molar-refractivity contribution in [2.24, 2.45) is 4.99 Å². The zero-order chi connectivity index (χ0) is 12.3. The average molecular weight is 233 g/mol. The van der Waals surface area contributed by atoms with Crippen LogP contribution in [0.15, 0.2) is 23.7 Å². The molecule has 0 unspecified atom stereocenters. The molecule has 1 heterocycles. The van der Waals surface area contributed by atoms with Gasteiger partial charge in [-0.2, -0.15) is 5.26 Å². The van der Waals surface area contributed by atoms with E-state index in [4.69, 9.17) is 5.26 Å². The minimum Gasteiger partial charge on any atom is -0.359 e. The summed E-state index contributed by atoms with van der Waals surface area (Å²) in [5.74, 6) is 0.470. The number of nitrogens with zero attached hydrogens (tertiary/aromatic N) is 4. The van der Waals surface area contributed by atoms with Crippen LogP contribution in [-0.4, -0.2) is 36.1 Å². The van der Waals surface area contributed by atoms with E-state index in [1.54, 1.807) is 25.6 Å². The number of aliphatic imine (C=N–C) groups is 1. The zero-order valence-corrected chi connectivity index (χ0v) is 9.64. The van der Waals surface area contributed by atoms with E-state index in [1.807, 2.05) is 0 Å². The lowest BCUT2D eigenvalue weighted by atomic mass is 10.3. The van der Waals surface area contributed by atoms with Crippen LogP contribution < -0.4 is 16.0 Å². The van der Waals surface area contributed by atoms with Gasteiger partial charge in [-0.25, -0.2) is 9.97 Å². The minimum atomic E-state index is 0.470. The summed E-state index contributed by atoms with van der Waals surface area (Å²) < 4.78 is 0. The lowest BCUT2D eigenvalue weighted by Gasteiger charge is -2.04. The fraction of sp³-hybridized carbons (Fsp3) is 0.400. The van der Waals surface area contributed by atoms with Gasteiger partial charge in [-0.15, -0.1) is 0 Å². The Labute approximate surface area is 100.0 Å². The minimum absolute atomic E-state index is 0.470. The van der Waals surface area contributed by atoms with E-state index in [0.717, 1.165) is 5.56 Å². The number of guanidine groups is 1. The highest BCUT2D eigenvalue weighted by molar-refractivity contribution is 5.80. The first kappa shape index (κ1) is 12.9. The molecule has 0 aliphatic carbocycles. The van der Waals surface area contributed by atoms with Crippen LogP contribution in [0.2, 0.25) is 0 Å². The van der Waals surface area contributed by atoms with Gasteiger partial charge in [0.25, 0.3) is 0 Å². The van der Waals surface area contributed by atoms with Crippen molar-refractivity contribution in [3.63, 3.8) is 0 Å². The Hall–Kier alpha value is -2.20. The van der Waals surface area contributed by atoms with Crippen molar-refractivity contribution >= 4 is 5.96 Å². The molecule has 0 aromatic carbocycles. The Morgan fingerprint density at radius 1 is 1.47 bits per heavy atom. The third-order valence-corrected chi connectivity index (χ3v) is 1.91. The summed E-state index contributed by atoms with van der Waals surface area (Å²) in [6, 6.07) is 0. The van der Waals surface area contributed by atoms with Gasteiger partial charge in [0.2, 0.25) is 5.96 Å². The SMILES string of the molecule is CNC(=NCCNCc1cncnc1)NC#N. The lowest BCUT2D eigenvalue weighted by Crippen LogP contribution is -2.32. The predicted octanol–water partition coefficient (Wildman–Crippen LogP) is -0.788. The summed E-state index contributed by atoms with van der Waals surface area (Å²) in [7, 11) is 1.71. The first-order valence-electron chi connectivity index (χ1n) is 5.18. The van der Waals surface area contributed by atoms with Gasteiger partial charge < -0.3 is 10.6 Å². The lowest BCUT2D eigenvalue weighted by molar-refractivity contribution is 0.689. The Morgan fingerprint density at radius 2 is 2.24 bits per heavy atom. The van der Waals surface area contributed by atoms with E-state index in [0.29, 0.717) is 25.6 Å². The first-order chi connectivity index (χ1) is 8.36. The van der Waals surface area contributed by atoms with Crippen molar-refractivity contribution in [1.82, 2.24) is 25.9 Å². The summed E-state index contributed by atoms with van der Waals surface area (Å²) in [6.07, 6.45) is 6.83. The first-order valence-corrected chi connectivity index (χ1v) is 5.18. The number of nitrogens with one attached hydrogen (secondary N) is 3. The van der Waals surface area contributed by atoms with Crippen LogP contribution in [0.4, 0.5) is 0 Å². The number of hydrogen-bond donors (Lipinski definition) is 3. The summed E-state index contributed by atoms with van der Waals surface area (Å²) in [6.45, 7) is 2.00. The van der Waals surface area contributed by atoms with Gasteiger partial charge in [-0.05, 0) is 0 Å². The Morgan fingerprint density at radius 3 is 2.88 bits per heavy atom. The highest BCUT2D eigenvalue weighted by Gasteiger charge is 1.93. The van der Waals surface area contributed by atoms with E-state index < -0.39 is 0 Å². The molecule has 0 saturated carbocycles. The molecule has 3 N–H and O–H groups in total. The summed E-state index contributed by atoms with van der Waals surface area (Å²) in [5, 5.41) is 16.8. The summed E-state index contributed by atoms with van der Waals surface area (Å²) >= 11 is 0. The van der Waals surface area contributed by atoms with Crippen LogP contribution >= 0.6 is 0 Å². The molecule has 1 rings (SSSR count). The maximum Gasteiger partial charge on any atom is 0.204 e. The van der Waals surface area contributed by atoms with Gasteiger partial charge in [0.05, 0.1) is 6.54 Å². The molecule has 0 radical (unpaired) electrons. The number of aromatic nitrogens is 2. The van der Waals surface area contributed by atoms with Gasteiger partial charge in [0, 0.05) is 38.1 Å². The van der Waals surface area contributed by atoms with Gasteiger partial charge >= 0.3 is 0 Å². The molecule has 0 bridgehead atoms. The largest absolute Gasteiger partial charge is 0.359 e. The Balaban J connectivity index is 2.18. The summed E-state index contributed by atoms with van der Waals surface area (Å²) in [4.78, 5) is 12.0. The average Bonchev–Trinajstić information content (AvgIpc) is 2.38. The van der Waals surface area contributed by atoms with Crippen molar-refractivity contribution in [3.8, 4) is 6.19 Å². The highest BCUT2D eigenvalue weighted by Crippen LogP contribution is 1.90. The normalized spacial score (nSPS) is 10.7. The molecule has 0 aliphatic heterocycles. The van der Waals surface area contributed by atoms with E-state index in [9.17, 15) is 0 Å².